The summed E-state index contributed by atoms with van der Waals surface area (Å²) in [6.07, 6.45) is 8.57. The van der Waals surface area contributed by atoms with E-state index in [-0.39, 0.29) is 18.0 Å². The van der Waals surface area contributed by atoms with Crippen molar-refractivity contribution in [3.8, 4) is 0 Å². The second-order valence-electron chi connectivity index (χ2n) is 6.67. The lowest BCUT2D eigenvalue weighted by Gasteiger charge is -2.33. The van der Waals surface area contributed by atoms with Gasteiger partial charge in [-0.05, 0) is 25.7 Å². The second kappa shape index (κ2) is 6.12. The number of carboxylic acid groups (broad SMARTS) is 1. The molecule has 2 saturated carbocycles. The molecule has 0 spiro atoms. The van der Waals surface area contributed by atoms with Crippen LogP contribution in [0.1, 0.15) is 64.2 Å². The van der Waals surface area contributed by atoms with E-state index < -0.39 is 11.4 Å². The molecule has 0 aromatic heterocycles. The number of carbonyl (C=O) groups is 2. The number of carbonyl (C=O) groups excluding carboxylic acids is 1. The van der Waals surface area contributed by atoms with E-state index in [9.17, 15) is 14.7 Å². The number of carboxylic acids is 1. The van der Waals surface area contributed by atoms with Crippen LogP contribution in [0.2, 0.25) is 0 Å². The van der Waals surface area contributed by atoms with Crippen molar-refractivity contribution in [3.63, 3.8) is 0 Å². The summed E-state index contributed by atoms with van der Waals surface area (Å²) < 4.78 is 0. The van der Waals surface area contributed by atoms with Gasteiger partial charge in [0.25, 0.3) is 0 Å². The van der Waals surface area contributed by atoms with Gasteiger partial charge in [0, 0.05) is 18.5 Å². The van der Waals surface area contributed by atoms with Crippen LogP contribution in [0.5, 0.6) is 0 Å². The molecule has 2 aliphatic carbocycles. The summed E-state index contributed by atoms with van der Waals surface area (Å²) in [4.78, 5) is 23.5. The number of amides is 1. The first-order chi connectivity index (χ1) is 9.46. The summed E-state index contributed by atoms with van der Waals surface area (Å²) in [5, 5.41) is 12.3. The molecule has 0 saturated heterocycles. The summed E-state index contributed by atoms with van der Waals surface area (Å²) in [5.41, 5.74) is 5.06. The Morgan fingerprint density at radius 1 is 1.00 bits per heavy atom. The van der Waals surface area contributed by atoms with Crippen molar-refractivity contribution in [2.75, 3.05) is 6.54 Å². The molecule has 0 bridgehead atoms. The van der Waals surface area contributed by atoms with Crippen molar-refractivity contribution in [2.45, 2.75) is 69.7 Å². The molecule has 1 amide bonds. The molecule has 2 aliphatic rings. The first-order valence-electron chi connectivity index (χ1n) is 7.75. The topological polar surface area (TPSA) is 92.4 Å². The fraction of sp³-hybridized carbons (Fsp3) is 0.867. The van der Waals surface area contributed by atoms with Gasteiger partial charge in [-0.3, -0.25) is 9.59 Å². The number of aliphatic carboxylic acids is 1. The van der Waals surface area contributed by atoms with E-state index in [0.29, 0.717) is 19.3 Å². The zero-order valence-electron chi connectivity index (χ0n) is 12.1. The summed E-state index contributed by atoms with van der Waals surface area (Å²) in [7, 11) is 0. The maximum Gasteiger partial charge on any atom is 0.311 e. The quantitative estimate of drug-likeness (QED) is 0.717. The highest BCUT2D eigenvalue weighted by atomic mass is 16.4. The van der Waals surface area contributed by atoms with Gasteiger partial charge in [0.2, 0.25) is 5.91 Å². The van der Waals surface area contributed by atoms with Crippen molar-refractivity contribution in [1.29, 1.82) is 0 Å². The fourth-order valence-corrected chi connectivity index (χ4v) is 3.60. The molecule has 0 aliphatic heterocycles. The first-order valence-corrected chi connectivity index (χ1v) is 7.75. The molecule has 0 aromatic carbocycles. The van der Waals surface area contributed by atoms with Gasteiger partial charge in [-0.25, -0.2) is 0 Å². The van der Waals surface area contributed by atoms with Crippen LogP contribution < -0.4 is 11.1 Å². The van der Waals surface area contributed by atoms with Gasteiger partial charge >= 0.3 is 5.97 Å². The fourth-order valence-electron chi connectivity index (χ4n) is 3.60. The van der Waals surface area contributed by atoms with E-state index in [4.69, 9.17) is 5.73 Å². The Morgan fingerprint density at radius 3 is 2.10 bits per heavy atom. The Kier molecular flexibility index (Phi) is 4.68. The van der Waals surface area contributed by atoms with Crippen molar-refractivity contribution in [1.82, 2.24) is 5.32 Å². The lowest BCUT2D eigenvalue weighted by Crippen LogP contribution is -2.47. The van der Waals surface area contributed by atoms with Crippen LogP contribution in [-0.2, 0) is 9.59 Å². The van der Waals surface area contributed by atoms with Gasteiger partial charge in [-0.15, -0.1) is 0 Å². The van der Waals surface area contributed by atoms with E-state index in [1.807, 2.05) is 0 Å². The van der Waals surface area contributed by atoms with Gasteiger partial charge in [-0.1, -0.05) is 32.1 Å². The lowest BCUT2D eigenvalue weighted by molar-refractivity contribution is -0.151. The predicted octanol–water partition coefficient (Wildman–Crippen LogP) is 1.80. The average Bonchev–Trinajstić information content (AvgIpc) is 2.84. The lowest BCUT2D eigenvalue weighted by atomic mass is 9.74. The predicted molar refractivity (Wildman–Crippen MR) is 76.2 cm³/mol. The van der Waals surface area contributed by atoms with Gasteiger partial charge in [0.1, 0.15) is 0 Å². The summed E-state index contributed by atoms with van der Waals surface area (Å²) in [5.74, 6) is -0.874. The summed E-state index contributed by atoms with van der Waals surface area (Å²) >= 11 is 0. The molecule has 5 nitrogen and oxygen atoms in total. The number of hydrogen-bond acceptors (Lipinski definition) is 3. The van der Waals surface area contributed by atoms with Crippen LogP contribution in [0.25, 0.3) is 0 Å². The average molecular weight is 282 g/mol. The van der Waals surface area contributed by atoms with Crippen LogP contribution in [0.15, 0.2) is 0 Å². The molecule has 2 fully saturated rings. The zero-order chi connectivity index (χ0) is 14.6. The van der Waals surface area contributed by atoms with Crippen molar-refractivity contribution < 1.29 is 14.7 Å². The van der Waals surface area contributed by atoms with Crippen molar-refractivity contribution in [2.24, 2.45) is 11.1 Å². The summed E-state index contributed by atoms with van der Waals surface area (Å²) in [6, 6.07) is 0. The molecule has 0 radical (unpaired) electrons. The molecule has 5 heteroatoms. The van der Waals surface area contributed by atoms with Gasteiger partial charge in [0.15, 0.2) is 0 Å². The maximum absolute atomic E-state index is 12.0. The number of nitrogens with one attached hydrogen (secondary N) is 1. The van der Waals surface area contributed by atoms with Crippen LogP contribution in [-0.4, -0.2) is 29.1 Å². The molecule has 20 heavy (non-hydrogen) atoms. The van der Waals surface area contributed by atoms with Gasteiger partial charge < -0.3 is 16.2 Å². The Bertz CT molecular complexity index is 369. The van der Waals surface area contributed by atoms with Crippen molar-refractivity contribution >= 4 is 11.9 Å². The molecule has 114 valence electrons. The number of rotatable bonds is 5. The number of hydrogen-bond donors (Lipinski definition) is 3. The summed E-state index contributed by atoms with van der Waals surface area (Å²) in [6.45, 7) is 0.247. The smallest absolute Gasteiger partial charge is 0.311 e. The van der Waals surface area contributed by atoms with Crippen LogP contribution in [0.3, 0.4) is 0 Å². The highest BCUT2D eigenvalue weighted by Crippen LogP contribution is 2.36. The molecule has 2 rings (SSSR count). The molecular formula is C15H26N2O3. The van der Waals surface area contributed by atoms with E-state index in [0.717, 1.165) is 44.9 Å². The van der Waals surface area contributed by atoms with E-state index in [1.165, 1.54) is 0 Å². The minimum atomic E-state index is -0.777. The Labute approximate surface area is 120 Å². The SMILES string of the molecule is NC1(CC(=O)NCC2(C(=O)O)CCCCC2)CCCC1. The zero-order valence-corrected chi connectivity index (χ0v) is 12.1. The Morgan fingerprint density at radius 2 is 1.55 bits per heavy atom. The van der Waals surface area contributed by atoms with Gasteiger partial charge in [-0.2, -0.15) is 0 Å². The van der Waals surface area contributed by atoms with Gasteiger partial charge in [0.05, 0.1) is 5.41 Å². The second-order valence-corrected chi connectivity index (χ2v) is 6.67. The molecule has 0 atom stereocenters. The van der Waals surface area contributed by atoms with E-state index in [1.54, 1.807) is 0 Å². The Hall–Kier alpha value is -1.10. The molecule has 0 unspecified atom stereocenters. The van der Waals surface area contributed by atoms with Crippen molar-refractivity contribution in [3.05, 3.63) is 0 Å². The third kappa shape index (κ3) is 3.51. The highest BCUT2D eigenvalue weighted by Gasteiger charge is 2.40. The molecule has 0 heterocycles. The normalized spacial score (nSPS) is 24.2. The molecule has 0 aromatic rings. The minimum Gasteiger partial charge on any atom is -0.481 e. The largest absolute Gasteiger partial charge is 0.481 e. The standard InChI is InChI=1S/C15H26N2O3/c16-15(8-4-5-9-15)10-12(18)17-11-14(13(19)20)6-2-1-3-7-14/h1-11,16H2,(H,17,18)(H,19,20). The maximum atomic E-state index is 12.0. The van der Waals surface area contributed by atoms with Crippen LogP contribution in [0, 0.1) is 5.41 Å². The third-order valence-corrected chi connectivity index (χ3v) is 5.00. The number of nitrogens with two attached hydrogens (primary N) is 1. The monoisotopic (exact) mass is 282 g/mol. The van der Waals surface area contributed by atoms with Crippen LogP contribution in [0.4, 0.5) is 0 Å². The first kappa shape index (κ1) is 15.3. The van der Waals surface area contributed by atoms with E-state index in [2.05, 4.69) is 5.32 Å². The van der Waals surface area contributed by atoms with E-state index >= 15 is 0 Å². The minimum absolute atomic E-state index is 0.0967. The molecule has 4 N–H and O–H groups in total. The highest BCUT2D eigenvalue weighted by molar-refractivity contribution is 5.80. The van der Waals surface area contributed by atoms with Crippen LogP contribution >= 0.6 is 0 Å². The third-order valence-electron chi connectivity index (χ3n) is 5.00. The Balaban J connectivity index is 1.86. The molecular weight excluding hydrogens is 256 g/mol.